The van der Waals surface area contributed by atoms with Gasteiger partial charge in [0.25, 0.3) is 0 Å². The van der Waals surface area contributed by atoms with Crippen LogP contribution in [0.15, 0.2) is 21.5 Å². The van der Waals surface area contributed by atoms with Crippen LogP contribution in [0, 0.1) is 6.92 Å². The number of carbonyl (C=O) groups excluding carboxylic acids is 1. The Balaban J connectivity index is 3.33. The van der Waals surface area contributed by atoms with E-state index >= 15 is 0 Å². The summed E-state index contributed by atoms with van der Waals surface area (Å²) in [4.78, 5) is 21.7. The lowest BCUT2D eigenvalue weighted by Gasteiger charge is -2.13. The maximum atomic E-state index is 12.1. The van der Waals surface area contributed by atoms with Crippen LogP contribution in [-0.4, -0.2) is 31.4 Å². The fourth-order valence-electron chi connectivity index (χ4n) is 1.39. The molecule has 0 aromatic heterocycles. The number of carbonyl (C=O) groups is 2. The van der Waals surface area contributed by atoms with Gasteiger partial charge in [-0.25, -0.2) is 13.2 Å². The highest BCUT2D eigenvalue weighted by atomic mass is 79.9. The molecule has 9 heteroatoms. The quantitative estimate of drug-likeness (QED) is 0.705. The van der Waals surface area contributed by atoms with Crippen molar-refractivity contribution in [2.24, 2.45) is 5.73 Å². The van der Waals surface area contributed by atoms with E-state index in [4.69, 9.17) is 10.8 Å². The highest BCUT2D eigenvalue weighted by molar-refractivity contribution is 9.10. The summed E-state index contributed by atoms with van der Waals surface area (Å²) in [5.74, 6) is -2.08. The van der Waals surface area contributed by atoms with Gasteiger partial charge in [-0.2, -0.15) is 4.72 Å². The van der Waals surface area contributed by atoms with Crippen LogP contribution in [0.1, 0.15) is 22.8 Å². The van der Waals surface area contributed by atoms with E-state index in [0.717, 1.165) is 6.07 Å². The first-order valence-electron chi connectivity index (χ1n) is 5.41. The number of amides is 1. The molecule has 0 radical (unpaired) electrons. The van der Waals surface area contributed by atoms with E-state index in [2.05, 4.69) is 20.7 Å². The third-order valence-electron chi connectivity index (χ3n) is 2.62. The zero-order valence-electron chi connectivity index (χ0n) is 10.7. The number of hydrogen-bond donors (Lipinski definition) is 3. The van der Waals surface area contributed by atoms with Crippen molar-refractivity contribution in [3.05, 3.63) is 27.7 Å². The maximum Gasteiger partial charge on any atom is 0.336 e. The molecule has 0 fully saturated rings. The number of benzene rings is 1. The normalized spacial score (nSPS) is 12.9. The van der Waals surface area contributed by atoms with Crippen LogP contribution in [0.3, 0.4) is 0 Å². The fourth-order valence-corrected chi connectivity index (χ4v) is 3.27. The van der Waals surface area contributed by atoms with E-state index < -0.39 is 27.9 Å². The van der Waals surface area contributed by atoms with Crippen molar-refractivity contribution in [1.29, 1.82) is 0 Å². The Morgan fingerprint density at radius 3 is 2.40 bits per heavy atom. The monoisotopic (exact) mass is 364 g/mol. The summed E-state index contributed by atoms with van der Waals surface area (Å²) < 4.78 is 26.5. The van der Waals surface area contributed by atoms with Gasteiger partial charge in [0.2, 0.25) is 15.9 Å². The summed E-state index contributed by atoms with van der Waals surface area (Å²) in [6.07, 6.45) is 0. The summed E-state index contributed by atoms with van der Waals surface area (Å²) in [6, 6.07) is 1.18. The number of halogens is 1. The molecule has 0 spiro atoms. The Kier molecular flexibility index (Phi) is 4.90. The van der Waals surface area contributed by atoms with E-state index in [0.29, 0.717) is 10.0 Å². The molecule has 1 rings (SSSR count). The summed E-state index contributed by atoms with van der Waals surface area (Å²) in [6.45, 7) is 2.84. The number of nitrogens with two attached hydrogens (primary N) is 1. The zero-order valence-corrected chi connectivity index (χ0v) is 13.1. The molecule has 0 heterocycles. The fraction of sp³-hybridized carbons (Fsp3) is 0.273. The average Bonchev–Trinajstić information content (AvgIpc) is 2.31. The van der Waals surface area contributed by atoms with E-state index in [-0.39, 0.29) is 10.5 Å². The molecule has 0 aliphatic rings. The third kappa shape index (κ3) is 3.56. The van der Waals surface area contributed by atoms with E-state index in [1.807, 2.05) is 0 Å². The summed E-state index contributed by atoms with van der Waals surface area (Å²) in [5, 5.41) is 9.04. The van der Waals surface area contributed by atoms with Gasteiger partial charge in [0.15, 0.2) is 0 Å². The van der Waals surface area contributed by atoms with Crippen molar-refractivity contribution in [2.75, 3.05) is 0 Å². The molecule has 0 bridgehead atoms. The molecular weight excluding hydrogens is 352 g/mol. The molecule has 0 aliphatic heterocycles. The molecule has 0 saturated carbocycles. The third-order valence-corrected chi connectivity index (χ3v) is 4.96. The molecule has 4 N–H and O–H groups in total. The average molecular weight is 365 g/mol. The molecule has 110 valence electrons. The van der Waals surface area contributed by atoms with Crippen LogP contribution >= 0.6 is 15.9 Å². The maximum absolute atomic E-state index is 12.1. The van der Waals surface area contributed by atoms with Crippen molar-refractivity contribution < 1.29 is 23.1 Å². The van der Waals surface area contributed by atoms with Gasteiger partial charge in [0, 0.05) is 4.47 Å². The summed E-state index contributed by atoms with van der Waals surface area (Å²) >= 11 is 3.11. The van der Waals surface area contributed by atoms with Crippen molar-refractivity contribution >= 4 is 37.8 Å². The number of carboxylic acids is 1. The van der Waals surface area contributed by atoms with Gasteiger partial charge in [0.05, 0.1) is 16.5 Å². The van der Waals surface area contributed by atoms with Crippen LogP contribution in [0.5, 0.6) is 0 Å². The number of nitrogens with one attached hydrogen (secondary N) is 1. The first-order valence-corrected chi connectivity index (χ1v) is 7.69. The number of primary amides is 1. The molecule has 1 unspecified atom stereocenters. The Hall–Kier alpha value is -1.45. The van der Waals surface area contributed by atoms with Crippen LogP contribution in [0.2, 0.25) is 0 Å². The molecule has 1 aromatic rings. The van der Waals surface area contributed by atoms with Crippen molar-refractivity contribution in [2.45, 2.75) is 24.8 Å². The second kappa shape index (κ2) is 5.90. The van der Waals surface area contributed by atoms with Gasteiger partial charge >= 0.3 is 5.97 Å². The lowest BCUT2D eigenvalue weighted by atomic mass is 10.1. The zero-order chi connectivity index (χ0) is 15.7. The Morgan fingerprint density at radius 2 is 1.95 bits per heavy atom. The first kappa shape index (κ1) is 16.6. The highest BCUT2D eigenvalue weighted by Gasteiger charge is 2.23. The Morgan fingerprint density at radius 1 is 1.40 bits per heavy atom. The van der Waals surface area contributed by atoms with Crippen molar-refractivity contribution in [1.82, 2.24) is 4.72 Å². The lowest BCUT2D eigenvalue weighted by Crippen LogP contribution is -2.42. The first-order chi connectivity index (χ1) is 9.06. The Bertz CT molecular complexity index is 672. The number of sulfonamides is 1. The van der Waals surface area contributed by atoms with E-state index in [1.165, 1.54) is 13.0 Å². The molecule has 7 nitrogen and oxygen atoms in total. The SMILES string of the molecule is Cc1c(Br)cc(S(=O)(=O)NC(C)C(N)=O)cc1C(=O)O. The smallest absolute Gasteiger partial charge is 0.336 e. The molecule has 0 aliphatic carbocycles. The van der Waals surface area contributed by atoms with Crippen molar-refractivity contribution in [3.8, 4) is 0 Å². The van der Waals surface area contributed by atoms with Crippen molar-refractivity contribution in [3.63, 3.8) is 0 Å². The molecule has 1 amide bonds. The minimum Gasteiger partial charge on any atom is -0.478 e. The predicted octanol–water partition coefficient (Wildman–Crippen LogP) is 0.608. The van der Waals surface area contributed by atoms with Crippen LogP contribution < -0.4 is 10.5 Å². The largest absolute Gasteiger partial charge is 0.478 e. The second-order valence-corrected chi connectivity index (χ2v) is 6.70. The highest BCUT2D eigenvalue weighted by Crippen LogP contribution is 2.25. The molecule has 1 aromatic carbocycles. The van der Waals surface area contributed by atoms with E-state index in [1.54, 1.807) is 6.92 Å². The van der Waals surface area contributed by atoms with Crippen LogP contribution in [0.25, 0.3) is 0 Å². The van der Waals surface area contributed by atoms with Gasteiger partial charge < -0.3 is 10.8 Å². The number of hydrogen-bond acceptors (Lipinski definition) is 4. The topological polar surface area (TPSA) is 127 Å². The number of carboxylic acid groups (broad SMARTS) is 1. The predicted molar refractivity (Wildman–Crippen MR) is 74.8 cm³/mol. The second-order valence-electron chi connectivity index (χ2n) is 4.13. The standard InChI is InChI=1S/C11H13BrN2O5S/c1-5-8(11(16)17)3-7(4-9(5)12)20(18,19)14-6(2)10(13)15/h3-4,6,14H,1-2H3,(H2,13,15)(H,16,17). The van der Waals surface area contributed by atoms with Gasteiger partial charge in [-0.3, -0.25) is 4.79 Å². The summed E-state index contributed by atoms with van der Waals surface area (Å²) in [7, 11) is -4.04. The van der Waals surface area contributed by atoms with Gasteiger partial charge in [-0.15, -0.1) is 0 Å². The number of rotatable bonds is 5. The minimum absolute atomic E-state index is 0.147. The molecule has 1 atom stereocenters. The van der Waals surface area contributed by atoms with Crippen LogP contribution in [0.4, 0.5) is 0 Å². The van der Waals surface area contributed by atoms with Gasteiger partial charge in [0.1, 0.15) is 0 Å². The van der Waals surface area contributed by atoms with Gasteiger partial charge in [-0.1, -0.05) is 15.9 Å². The Labute approximate surface area is 124 Å². The lowest BCUT2D eigenvalue weighted by molar-refractivity contribution is -0.119. The number of aromatic carboxylic acids is 1. The molecule has 20 heavy (non-hydrogen) atoms. The van der Waals surface area contributed by atoms with Crippen LogP contribution in [-0.2, 0) is 14.8 Å². The summed E-state index contributed by atoms with van der Waals surface area (Å²) in [5.41, 5.74) is 5.24. The van der Waals surface area contributed by atoms with Gasteiger partial charge in [-0.05, 0) is 31.5 Å². The minimum atomic E-state index is -4.04. The molecular formula is C11H13BrN2O5S. The van der Waals surface area contributed by atoms with E-state index in [9.17, 15) is 18.0 Å². The molecule has 0 saturated heterocycles.